The molecule has 6 heteroatoms. The van der Waals surface area contributed by atoms with Gasteiger partial charge in [0.15, 0.2) is 0 Å². The highest BCUT2D eigenvalue weighted by atomic mass is 32.2. The van der Waals surface area contributed by atoms with Crippen molar-refractivity contribution < 1.29 is 19.4 Å². The van der Waals surface area contributed by atoms with Gasteiger partial charge >= 0.3 is 5.97 Å². The van der Waals surface area contributed by atoms with Crippen LogP contribution in [0.1, 0.15) is 41.5 Å². The first kappa shape index (κ1) is 22.5. The highest BCUT2D eigenvalue weighted by Crippen LogP contribution is 2.12. The summed E-state index contributed by atoms with van der Waals surface area (Å²) in [6, 6.07) is 0. The molecule has 0 heterocycles. The summed E-state index contributed by atoms with van der Waals surface area (Å²) < 4.78 is 4.30. The van der Waals surface area contributed by atoms with E-state index in [-0.39, 0.29) is 24.4 Å². The van der Waals surface area contributed by atoms with Crippen LogP contribution in [0.2, 0.25) is 0 Å². The van der Waals surface area contributed by atoms with Crippen molar-refractivity contribution in [2.24, 2.45) is 11.8 Å². The van der Waals surface area contributed by atoms with Crippen LogP contribution in [0, 0.1) is 11.8 Å². The third-order valence-corrected chi connectivity index (χ3v) is 2.89. The average Bonchev–Trinajstić information content (AvgIpc) is 2.35. The minimum atomic E-state index is -0.353. The highest BCUT2D eigenvalue weighted by molar-refractivity contribution is 8.13. The van der Waals surface area contributed by atoms with E-state index in [0.29, 0.717) is 11.8 Å². The van der Waals surface area contributed by atoms with E-state index in [9.17, 15) is 9.59 Å². The molecule has 5 nitrogen and oxygen atoms in total. The monoisotopic (exact) mass is 321 g/mol. The van der Waals surface area contributed by atoms with Crippen LogP contribution in [0.3, 0.4) is 0 Å². The van der Waals surface area contributed by atoms with Crippen molar-refractivity contribution in [3.05, 3.63) is 0 Å². The van der Waals surface area contributed by atoms with Crippen molar-refractivity contribution in [3.63, 3.8) is 0 Å². The van der Waals surface area contributed by atoms with Crippen LogP contribution in [0.15, 0.2) is 0 Å². The molecule has 0 rings (SSSR count). The summed E-state index contributed by atoms with van der Waals surface area (Å²) in [6.45, 7) is 13.7. The zero-order valence-electron chi connectivity index (χ0n) is 14.2. The van der Waals surface area contributed by atoms with Crippen LogP contribution >= 0.6 is 11.8 Å². The van der Waals surface area contributed by atoms with E-state index in [1.165, 1.54) is 18.7 Å². The molecular formula is C15H31NO4S. The Morgan fingerprint density at radius 2 is 1.62 bits per heavy atom. The maximum Gasteiger partial charge on any atom is 0.302 e. The van der Waals surface area contributed by atoms with E-state index in [0.717, 1.165) is 18.8 Å². The second-order valence-corrected chi connectivity index (χ2v) is 6.67. The fourth-order valence-corrected chi connectivity index (χ4v) is 2.09. The largest absolute Gasteiger partial charge is 0.463 e. The molecule has 1 N–H and O–H groups in total. The van der Waals surface area contributed by atoms with Crippen molar-refractivity contribution in [1.82, 2.24) is 4.90 Å². The first-order chi connectivity index (χ1) is 9.74. The van der Waals surface area contributed by atoms with Gasteiger partial charge in [-0.05, 0) is 17.6 Å². The molecule has 0 aliphatic rings. The maximum atomic E-state index is 11.7. The van der Waals surface area contributed by atoms with Gasteiger partial charge in [0.2, 0.25) is 0 Å². The Kier molecular flexibility index (Phi) is 15.2. The van der Waals surface area contributed by atoms with E-state index in [4.69, 9.17) is 5.11 Å². The molecule has 0 bridgehead atoms. The molecular weight excluding hydrogens is 290 g/mol. The zero-order chi connectivity index (χ0) is 16.8. The number of carbonyl (C=O) groups excluding carboxylic acids is 2. The average molecular weight is 321 g/mol. The van der Waals surface area contributed by atoms with E-state index in [2.05, 4.69) is 32.4 Å². The minimum absolute atomic E-state index is 0.0976. The number of aliphatic hydroxyl groups excluding tert-OH is 1. The van der Waals surface area contributed by atoms with Gasteiger partial charge in [0, 0.05) is 20.0 Å². The van der Waals surface area contributed by atoms with E-state index >= 15 is 0 Å². The van der Waals surface area contributed by atoms with Crippen molar-refractivity contribution in [2.45, 2.75) is 41.5 Å². The fourth-order valence-electron chi connectivity index (χ4n) is 1.51. The lowest BCUT2D eigenvalue weighted by atomic mass is 10.1. The number of nitrogens with zero attached hydrogens (tertiary/aromatic N) is 1. The Morgan fingerprint density at radius 3 is 1.86 bits per heavy atom. The van der Waals surface area contributed by atoms with E-state index in [1.54, 1.807) is 0 Å². The van der Waals surface area contributed by atoms with Gasteiger partial charge in [0.1, 0.15) is 6.61 Å². The number of esters is 1. The maximum absolute atomic E-state index is 11.7. The number of hydrogen-bond acceptors (Lipinski definition) is 5. The number of thioether (sulfide) groups is 1. The molecule has 0 saturated carbocycles. The standard InChI is InChI=1S/C11H23NOS.C4H8O3/c1-6-14-11(13)12(7-9(2)3)8-10(4)5;1-4(6)7-3-2-5/h9-10H,6-8H2,1-5H3;5H,2-3H2,1H3. The van der Waals surface area contributed by atoms with Gasteiger partial charge in [-0.25, -0.2) is 0 Å². The summed E-state index contributed by atoms with van der Waals surface area (Å²) in [6.07, 6.45) is 0. The van der Waals surface area contributed by atoms with Gasteiger partial charge in [-0.1, -0.05) is 46.4 Å². The Bertz CT molecular complexity index is 273. The lowest BCUT2D eigenvalue weighted by Gasteiger charge is -2.25. The summed E-state index contributed by atoms with van der Waals surface area (Å²) in [4.78, 5) is 23.5. The Hall–Kier alpha value is -0.750. The molecule has 0 aliphatic carbocycles. The Labute approximate surface area is 133 Å². The number of amides is 1. The molecule has 0 aromatic carbocycles. The molecule has 0 aromatic heterocycles. The van der Waals surface area contributed by atoms with Gasteiger partial charge in [0.25, 0.3) is 5.24 Å². The predicted molar refractivity (Wildman–Crippen MR) is 88.5 cm³/mol. The molecule has 0 fully saturated rings. The van der Waals surface area contributed by atoms with Crippen molar-refractivity contribution in [3.8, 4) is 0 Å². The molecule has 0 aliphatic heterocycles. The number of rotatable bonds is 7. The summed E-state index contributed by atoms with van der Waals surface area (Å²) >= 11 is 1.41. The molecule has 0 unspecified atom stereocenters. The molecule has 0 saturated heterocycles. The second-order valence-electron chi connectivity index (χ2n) is 5.46. The van der Waals surface area contributed by atoms with Gasteiger partial charge in [0.05, 0.1) is 6.61 Å². The first-order valence-electron chi connectivity index (χ1n) is 7.40. The van der Waals surface area contributed by atoms with Crippen molar-refractivity contribution >= 4 is 23.0 Å². The van der Waals surface area contributed by atoms with Crippen LogP contribution in [-0.4, -0.2) is 53.3 Å². The van der Waals surface area contributed by atoms with Gasteiger partial charge in [-0.15, -0.1) is 0 Å². The van der Waals surface area contributed by atoms with Crippen LogP contribution in [-0.2, 0) is 9.53 Å². The van der Waals surface area contributed by atoms with Crippen molar-refractivity contribution in [1.29, 1.82) is 0 Å². The Balaban J connectivity index is 0. The van der Waals surface area contributed by atoms with Crippen LogP contribution in [0.4, 0.5) is 4.79 Å². The smallest absolute Gasteiger partial charge is 0.302 e. The van der Waals surface area contributed by atoms with Crippen LogP contribution in [0.25, 0.3) is 0 Å². The lowest BCUT2D eigenvalue weighted by Crippen LogP contribution is -2.34. The third-order valence-electron chi connectivity index (χ3n) is 2.09. The zero-order valence-corrected chi connectivity index (χ0v) is 15.0. The second kappa shape index (κ2) is 14.2. The molecule has 0 radical (unpaired) electrons. The summed E-state index contributed by atoms with van der Waals surface area (Å²) in [5, 5.41) is 8.27. The fraction of sp³-hybridized carbons (Fsp3) is 0.867. The molecule has 0 aromatic rings. The summed E-state index contributed by atoms with van der Waals surface area (Å²) in [7, 11) is 0. The number of carbonyl (C=O) groups is 2. The molecule has 126 valence electrons. The molecule has 1 amide bonds. The van der Waals surface area contributed by atoms with E-state index in [1.807, 2.05) is 11.8 Å². The van der Waals surface area contributed by atoms with Gasteiger partial charge in [-0.2, -0.15) is 0 Å². The van der Waals surface area contributed by atoms with Gasteiger partial charge in [-0.3, -0.25) is 9.59 Å². The third kappa shape index (κ3) is 17.2. The highest BCUT2D eigenvalue weighted by Gasteiger charge is 2.15. The number of ether oxygens (including phenoxy) is 1. The normalized spacial score (nSPS) is 10.1. The van der Waals surface area contributed by atoms with Crippen LogP contribution < -0.4 is 0 Å². The summed E-state index contributed by atoms with van der Waals surface area (Å²) in [5.74, 6) is 1.62. The number of hydrogen-bond donors (Lipinski definition) is 1. The number of aliphatic hydroxyl groups is 1. The minimum Gasteiger partial charge on any atom is -0.463 e. The van der Waals surface area contributed by atoms with Crippen molar-refractivity contribution in [2.75, 3.05) is 32.1 Å². The Morgan fingerprint density at radius 1 is 1.14 bits per heavy atom. The van der Waals surface area contributed by atoms with Gasteiger partial charge < -0.3 is 14.7 Å². The lowest BCUT2D eigenvalue weighted by molar-refractivity contribution is -0.141. The summed E-state index contributed by atoms with van der Waals surface area (Å²) in [5.41, 5.74) is 0. The van der Waals surface area contributed by atoms with Crippen LogP contribution in [0.5, 0.6) is 0 Å². The molecule has 0 atom stereocenters. The quantitative estimate of drug-likeness (QED) is 0.730. The molecule has 21 heavy (non-hydrogen) atoms. The predicted octanol–water partition coefficient (Wildman–Crippen LogP) is 3.02. The SMILES string of the molecule is CC(=O)OCCO.CCSC(=O)N(CC(C)C)CC(C)C. The topological polar surface area (TPSA) is 66.8 Å². The molecule has 0 spiro atoms. The first-order valence-corrected chi connectivity index (χ1v) is 8.38. The van der Waals surface area contributed by atoms with E-state index < -0.39 is 0 Å².